The first kappa shape index (κ1) is 25.8. The maximum absolute atomic E-state index is 15.0. The zero-order valence-electron chi connectivity index (χ0n) is 21.5. The minimum atomic E-state index is -0.458. The average Bonchev–Trinajstić information content (AvgIpc) is 3.76. The summed E-state index contributed by atoms with van der Waals surface area (Å²) in [5, 5.41) is 11.1. The van der Waals surface area contributed by atoms with E-state index in [-0.39, 0.29) is 11.3 Å². The first-order chi connectivity index (χ1) is 19.6. The fourth-order valence-corrected chi connectivity index (χ4v) is 5.65. The standard InChI is InChI=1S/C30H24FN5O2S2/c1-2-3-15-38-25-13-11-20(17-24(25)31)28-21(19-35(34-28)22-8-5-4-6-9-22)18-26-29(37)36-30(40-26)32-27(33-36)14-12-23-10-7-16-39-23/h4-14,16-19H,2-3,15H2,1H3/b14-12+,26-18-. The minimum absolute atomic E-state index is 0.210. The van der Waals surface area contributed by atoms with Crippen molar-refractivity contribution in [3.8, 4) is 22.7 Å². The van der Waals surface area contributed by atoms with Crippen LogP contribution in [0.25, 0.3) is 40.1 Å². The molecule has 0 aliphatic rings. The molecule has 6 rings (SSSR count). The van der Waals surface area contributed by atoms with Crippen LogP contribution in [0.1, 0.15) is 36.0 Å². The predicted octanol–water partition coefficient (Wildman–Crippen LogP) is 6.10. The number of fused-ring (bicyclic) bond motifs is 1. The number of hydrogen-bond acceptors (Lipinski definition) is 7. The van der Waals surface area contributed by atoms with Gasteiger partial charge in [0.15, 0.2) is 17.4 Å². The van der Waals surface area contributed by atoms with Gasteiger partial charge in [0.05, 0.1) is 16.8 Å². The normalized spacial score (nSPS) is 12.2. The first-order valence-electron chi connectivity index (χ1n) is 12.8. The molecule has 0 aliphatic heterocycles. The SMILES string of the molecule is CCCCOc1ccc(-c2nn(-c3ccccc3)cc2/C=c2\sc3nc(/C=C/c4cccs4)nn3c2=O)cc1F. The van der Waals surface area contributed by atoms with Gasteiger partial charge in [-0.2, -0.15) is 14.6 Å². The van der Waals surface area contributed by atoms with Crippen LogP contribution in [0.5, 0.6) is 5.75 Å². The zero-order valence-corrected chi connectivity index (χ0v) is 23.2. The fraction of sp³-hybridized carbons (Fsp3) is 0.133. The Morgan fingerprint density at radius 2 is 1.93 bits per heavy atom. The quantitative estimate of drug-likeness (QED) is 0.197. The van der Waals surface area contributed by atoms with Gasteiger partial charge in [-0.05, 0) is 66.4 Å². The lowest BCUT2D eigenvalue weighted by Gasteiger charge is -2.08. The van der Waals surface area contributed by atoms with Crippen LogP contribution >= 0.6 is 22.7 Å². The van der Waals surface area contributed by atoms with E-state index < -0.39 is 5.82 Å². The highest BCUT2D eigenvalue weighted by Crippen LogP contribution is 2.29. The molecule has 4 aromatic heterocycles. The van der Waals surface area contributed by atoms with Gasteiger partial charge in [-0.25, -0.2) is 9.07 Å². The molecule has 2 aromatic carbocycles. The van der Waals surface area contributed by atoms with Crippen LogP contribution in [-0.4, -0.2) is 31.0 Å². The van der Waals surface area contributed by atoms with Gasteiger partial charge in [0.25, 0.3) is 5.56 Å². The summed E-state index contributed by atoms with van der Waals surface area (Å²) in [6.07, 6.45) is 9.12. The number of unbranched alkanes of at least 4 members (excludes halogenated alkanes) is 1. The molecule has 0 unspecified atom stereocenters. The topological polar surface area (TPSA) is 74.3 Å². The Morgan fingerprint density at radius 3 is 2.67 bits per heavy atom. The van der Waals surface area contributed by atoms with E-state index in [0.29, 0.717) is 38.7 Å². The molecule has 0 fully saturated rings. The molecule has 0 saturated heterocycles. The maximum atomic E-state index is 15.0. The van der Waals surface area contributed by atoms with E-state index >= 15 is 0 Å². The number of ether oxygens (including phenoxy) is 1. The molecule has 0 spiro atoms. The molecule has 0 atom stereocenters. The summed E-state index contributed by atoms with van der Waals surface area (Å²) in [5.74, 6) is 0.222. The van der Waals surface area contributed by atoms with Crippen molar-refractivity contribution in [2.75, 3.05) is 6.61 Å². The lowest BCUT2D eigenvalue weighted by Crippen LogP contribution is -2.23. The summed E-state index contributed by atoms with van der Waals surface area (Å²) in [5.41, 5.74) is 2.36. The Hall–Kier alpha value is -4.41. The van der Waals surface area contributed by atoms with Gasteiger partial charge < -0.3 is 4.74 Å². The van der Waals surface area contributed by atoms with Crippen LogP contribution in [-0.2, 0) is 0 Å². The van der Waals surface area contributed by atoms with Crippen LogP contribution < -0.4 is 14.8 Å². The van der Waals surface area contributed by atoms with E-state index in [1.807, 2.05) is 60.1 Å². The monoisotopic (exact) mass is 569 g/mol. The number of rotatable bonds is 9. The molecule has 0 saturated carbocycles. The minimum Gasteiger partial charge on any atom is -0.491 e. The van der Waals surface area contributed by atoms with E-state index in [1.54, 1.807) is 40.3 Å². The molecule has 0 bridgehead atoms. The van der Waals surface area contributed by atoms with E-state index in [1.165, 1.54) is 21.9 Å². The van der Waals surface area contributed by atoms with Crippen molar-refractivity contribution in [1.29, 1.82) is 0 Å². The van der Waals surface area contributed by atoms with Crippen molar-refractivity contribution >= 4 is 45.9 Å². The number of hydrogen-bond donors (Lipinski definition) is 0. The number of aromatic nitrogens is 5. The molecule has 6 aromatic rings. The Bertz CT molecular complexity index is 1910. The van der Waals surface area contributed by atoms with Gasteiger partial charge in [-0.3, -0.25) is 4.79 Å². The number of benzene rings is 2. The smallest absolute Gasteiger partial charge is 0.291 e. The highest BCUT2D eigenvalue weighted by Gasteiger charge is 2.16. The van der Waals surface area contributed by atoms with E-state index in [0.717, 1.165) is 23.4 Å². The third kappa shape index (κ3) is 5.36. The maximum Gasteiger partial charge on any atom is 0.291 e. The molecular formula is C30H24FN5O2S2. The predicted molar refractivity (Wildman–Crippen MR) is 159 cm³/mol. The van der Waals surface area contributed by atoms with E-state index in [4.69, 9.17) is 9.84 Å². The number of halogens is 1. The van der Waals surface area contributed by atoms with Crippen molar-refractivity contribution in [1.82, 2.24) is 24.4 Å². The van der Waals surface area contributed by atoms with Gasteiger partial charge in [-0.1, -0.05) is 48.9 Å². The molecule has 0 N–H and O–H groups in total. The van der Waals surface area contributed by atoms with Crippen molar-refractivity contribution in [2.45, 2.75) is 19.8 Å². The van der Waals surface area contributed by atoms with Crippen molar-refractivity contribution in [3.63, 3.8) is 0 Å². The largest absolute Gasteiger partial charge is 0.491 e. The zero-order chi connectivity index (χ0) is 27.5. The average molecular weight is 570 g/mol. The molecule has 0 radical (unpaired) electrons. The van der Waals surface area contributed by atoms with Crippen LogP contribution in [0.2, 0.25) is 0 Å². The summed E-state index contributed by atoms with van der Waals surface area (Å²) in [6.45, 7) is 2.52. The lowest BCUT2D eigenvalue weighted by atomic mass is 10.1. The second-order valence-electron chi connectivity index (χ2n) is 8.99. The number of para-hydroxylation sites is 1. The molecule has 0 amide bonds. The van der Waals surface area contributed by atoms with Gasteiger partial charge in [0, 0.05) is 22.2 Å². The molecular weight excluding hydrogens is 545 g/mol. The molecule has 200 valence electrons. The molecule has 40 heavy (non-hydrogen) atoms. The highest BCUT2D eigenvalue weighted by atomic mass is 32.1. The van der Waals surface area contributed by atoms with Gasteiger partial charge in [0.2, 0.25) is 4.96 Å². The van der Waals surface area contributed by atoms with E-state index in [9.17, 15) is 9.18 Å². The van der Waals surface area contributed by atoms with Gasteiger partial charge in [-0.15, -0.1) is 16.4 Å². The second kappa shape index (κ2) is 11.4. The highest BCUT2D eigenvalue weighted by molar-refractivity contribution is 7.15. The summed E-state index contributed by atoms with van der Waals surface area (Å²) < 4.78 is 24.0. The van der Waals surface area contributed by atoms with Gasteiger partial charge in [0.1, 0.15) is 5.69 Å². The van der Waals surface area contributed by atoms with Crippen LogP contribution in [0.15, 0.2) is 77.0 Å². The lowest BCUT2D eigenvalue weighted by molar-refractivity contribution is 0.294. The Kier molecular flexibility index (Phi) is 7.35. The van der Waals surface area contributed by atoms with Crippen LogP contribution in [0.3, 0.4) is 0 Å². The molecule has 0 aliphatic carbocycles. The van der Waals surface area contributed by atoms with Crippen molar-refractivity contribution in [3.05, 3.63) is 109 Å². The summed E-state index contributed by atoms with van der Waals surface area (Å²) in [7, 11) is 0. The van der Waals surface area contributed by atoms with Crippen LogP contribution in [0.4, 0.5) is 4.39 Å². The first-order valence-corrected chi connectivity index (χ1v) is 14.5. The summed E-state index contributed by atoms with van der Waals surface area (Å²) in [6, 6.07) is 18.4. The Balaban J connectivity index is 1.40. The molecule has 4 heterocycles. The molecule has 10 heteroatoms. The summed E-state index contributed by atoms with van der Waals surface area (Å²) >= 11 is 2.86. The second-order valence-corrected chi connectivity index (χ2v) is 11.0. The number of thiazole rings is 1. The Labute approximate surface area is 237 Å². The van der Waals surface area contributed by atoms with Crippen LogP contribution in [0, 0.1) is 5.82 Å². The van der Waals surface area contributed by atoms with Crippen molar-refractivity contribution < 1.29 is 9.13 Å². The number of thiophene rings is 1. The summed E-state index contributed by atoms with van der Waals surface area (Å²) in [4.78, 5) is 19.3. The third-order valence-corrected chi connectivity index (χ3v) is 7.95. The number of nitrogens with zero attached hydrogens (tertiary/aromatic N) is 5. The van der Waals surface area contributed by atoms with Gasteiger partial charge >= 0.3 is 0 Å². The fourth-order valence-electron chi connectivity index (χ4n) is 4.13. The third-order valence-electron chi connectivity index (χ3n) is 6.15. The Morgan fingerprint density at radius 1 is 1.05 bits per heavy atom. The van der Waals surface area contributed by atoms with E-state index in [2.05, 4.69) is 17.0 Å². The molecule has 7 nitrogen and oxygen atoms in total. The van der Waals surface area contributed by atoms with Crippen molar-refractivity contribution in [2.24, 2.45) is 0 Å².